The lowest BCUT2D eigenvalue weighted by Crippen LogP contribution is -2.46. The summed E-state index contributed by atoms with van der Waals surface area (Å²) in [6.45, 7) is 12.5. The molecule has 17 heavy (non-hydrogen) atoms. The van der Waals surface area contributed by atoms with E-state index in [1.54, 1.807) is 0 Å². The first-order chi connectivity index (χ1) is 7.72. The molecule has 0 radical (unpaired) electrons. The van der Waals surface area contributed by atoms with Crippen molar-refractivity contribution < 1.29 is 9.39 Å². The molecule has 0 amide bonds. The van der Waals surface area contributed by atoms with E-state index in [0.29, 0.717) is 5.31 Å². The standard InChI is InChI=1S/C13H27BO2S/c1-6-13(7-9-15-10-8-13)14-16-11(2,3)12(4,5)17/h14,17H,6-10H2,1-5H3. The van der Waals surface area contributed by atoms with Gasteiger partial charge in [-0.25, -0.2) is 0 Å². The highest BCUT2D eigenvalue weighted by Crippen LogP contribution is 2.42. The number of hydrogen-bond donors (Lipinski definition) is 1. The Kier molecular flexibility index (Phi) is 5.02. The normalized spacial score (nSPS) is 21.3. The first-order valence-electron chi connectivity index (χ1n) is 6.67. The van der Waals surface area contributed by atoms with Crippen molar-refractivity contribution >= 4 is 20.1 Å². The molecule has 0 aromatic carbocycles. The van der Waals surface area contributed by atoms with E-state index in [4.69, 9.17) is 9.39 Å². The second kappa shape index (κ2) is 5.54. The van der Waals surface area contributed by atoms with E-state index in [1.807, 2.05) is 0 Å². The van der Waals surface area contributed by atoms with Crippen LogP contribution in [-0.2, 0) is 9.39 Å². The van der Waals surface area contributed by atoms with Crippen LogP contribution in [0, 0.1) is 0 Å². The quantitative estimate of drug-likeness (QED) is 0.603. The van der Waals surface area contributed by atoms with Crippen LogP contribution in [0.5, 0.6) is 0 Å². The molecule has 1 rings (SSSR count). The lowest BCUT2D eigenvalue weighted by atomic mass is 9.57. The maximum atomic E-state index is 6.20. The topological polar surface area (TPSA) is 18.5 Å². The average Bonchev–Trinajstić information content (AvgIpc) is 2.26. The Morgan fingerprint density at radius 1 is 1.24 bits per heavy atom. The van der Waals surface area contributed by atoms with Gasteiger partial charge in [0.05, 0.1) is 5.60 Å². The first-order valence-corrected chi connectivity index (χ1v) is 7.11. The van der Waals surface area contributed by atoms with E-state index in [1.165, 1.54) is 6.42 Å². The van der Waals surface area contributed by atoms with Crippen molar-refractivity contribution in [1.29, 1.82) is 0 Å². The zero-order chi connectivity index (χ0) is 13.2. The van der Waals surface area contributed by atoms with E-state index in [0.717, 1.165) is 33.5 Å². The van der Waals surface area contributed by atoms with E-state index in [2.05, 4.69) is 47.2 Å². The molecular formula is C13H27BO2S. The molecule has 0 unspecified atom stereocenters. The number of rotatable bonds is 5. The van der Waals surface area contributed by atoms with E-state index in [-0.39, 0.29) is 10.3 Å². The Bertz CT molecular complexity index is 242. The molecule has 2 nitrogen and oxygen atoms in total. The Balaban J connectivity index is 2.58. The smallest absolute Gasteiger partial charge is 0.282 e. The fourth-order valence-corrected chi connectivity index (χ4v) is 1.98. The Labute approximate surface area is 113 Å². The van der Waals surface area contributed by atoms with Gasteiger partial charge in [0, 0.05) is 18.0 Å². The molecule has 1 saturated heterocycles. The van der Waals surface area contributed by atoms with Crippen LogP contribution in [0.15, 0.2) is 0 Å². The van der Waals surface area contributed by atoms with Crippen LogP contribution in [0.25, 0.3) is 0 Å². The summed E-state index contributed by atoms with van der Waals surface area (Å²) in [6.07, 6.45) is 3.40. The molecule has 0 N–H and O–H groups in total. The molecule has 1 aliphatic heterocycles. The minimum absolute atomic E-state index is 0.132. The van der Waals surface area contributed by atoms with Gasteiger partial charge >= 0.3 is 0 Å². The molecule has 0 aromatic rings. The second-order valence-corrected chi connectivity index (χ2v) is 7.44. The molecule has 1 heterocycles. The highest BCUT2D eigenvalue weighted by Gasteiger charge is 2.39. The van der Waals surface area contributed by atoms with E-state index < -0.39 is 0 Å². The van der Waals surface area contributed by atoms with Gasteiger partial charge in [-0.15, -0.1) is 0 Å². The number of ether oxygens (including phenoxy) is 1. The van der Waals surface area contributed by atoms with Crippen molar-refractivity contribution in [3.05, 3.63) is 0 Å². The molecule has 100 valence electrons. The van der Waals surface area contributed by atoms with Crippen LogP contribution in [0.4, 0.5) is 0 Å². The van der Waals surface area contributed by atoms with Gasteiger partial charge in [-0.05, 0) is 45.9 Å². The van der Waals surface area contributed by atoms with E-state index in [9.17, 15) is 0 Å². The molecule has 0 aromatic heterocycles. The van der Waals surface area contributed by atoms with Gasteiger partial charge in [-0.3, -0.25) is 0 Å². The lowest BCUT2D eigenvalue weighted by Gasteiger charge is -2.43. The van der Waals surface area contributed by atoms with Gasteiger partial charge in [-0.1, -0.05) is 13.3 Å². The third-order valence-electron chi connectivity index (χ3n) is 4.52. The third-order valence-corrected chi connectivity index (χ3v) is 5.05. The van der Waals surface area contributed by atoms with Gasteiger partial charge in [0.1, 0.15) is 0 Å². The Morgan fingerprint density at radius 2 is 1.76 bits per heavy atom. The SMILES string of the molecule is CCC1(BOC(C)(C)C(C)(C)S)CCOCC1. The number of hydrogen-bond acceptors (Lipinski definition) is 3. The second-order valence-electron chi connectivity index (χ2n) is 6.32. The molecule has 0 aliphatic carbocycles. The van der Waals surface area contributed by atoms with Crippen LogP contribution in [0.3, 0.4) is 0 Å². The summed E-state index contributed by atoms with van der Waals surface area (Å²) < 4.78 is 11.5. The van der Waals surface area contributed by atoms with Gasteiger partial charge < -0.3 is 9.39 Å². The molecule has 1 aliphatic rings. The summed E-state index contributed by atoms with van der Waals surface area (Å²) in [6, 6.07) is 0. The van der Waals surface area contributed by atoms with Crippen molar-refractivity contribution in [2.75, 3.05) is 13.2 Å². The summed E-state index contributed by atoms with van der Waals surface area (Å²) in [5.74, 6) is 0. The predicted octanol–water partition coefficient (Wildman–Crippen LogP) is 3.22. The van der Waals surface area contributed by atoms with Gasteiger partial charge in [-0.2, -0.15) is 12.6 Å². The Morgan fingerprint density at radius 3 is 2.18 bits per heavy atom. The van der Waals surface area contributed by atoms with Crippen molar-refractivity contribution in [2.45, 2.75) is 69.5 Å². The van der Waals surface area contributed by atoms with Gasteiger partial charge in [0.25, 0.3) is 7.48 Å². The molecule has 0 atom stereocenters. The summed E-state index contributed by atoms with van der Waals surface area (Å²) in [7, 11) is 0.823. The summed E-state index contributed by atoms with van der Waals surface area (Å²) in [5.41, 5.74) is -0.212. The first kappa shape index (κ1) is 15.4. The highest BCUT2D eigenvalue weighted by atomic mass is 32.1. The largest absolute Gasteiger partial charge is 0.433 e. The zero-order valence-corrected chi connectivity index (χ0v) is 12.9. The van der Waals surface area contributed by atoms with Crippen molar-refractivity contribution in [3.8, 4) is 0 Å². The van der Waals surface area contributed by atoms with Gasteiger partial charge in [0.15, 0.2) is 0 Å². The highest BCUT2D eigenvalue weighted by molar-refractivity contribution is 7.81. The van der Waals surface area contributed by atoms with Crippen LogP contribution >= 0.6 is 12.6 Å². The van der Waals surface area contributed by atoms with Crippen LogP contribution in [0.2, 0.25) is 5.31 Å². The van der Waals surface area contributed by atoms with Crippen molar-refractivity contribution in [3.63, 3.8) is 0 Å². The average molecular weight is 258 g/mol. The predicted molar refractivity (Wildman–Crippen MR) is 78.4 cm³/mol. The molecule has 1 fully saturated rings. The maximum Gasteiger partial charge on any atom is 0.282 e. The summed E-state index contributed by atoms with van der Waals surface area (Å²) >= 11 is 4.64. The fourth-order valence-electron chi connectivity index (χ4n) is 1.91. The van der Waals surface area contributed by atoms with E-state index >= 15 is 0 Å². The molecule has 0 bridgehead atoms. The molecule has 4 heteroatoms. The number of thiol groups is 1. The Hall–Kier alpha value is 0.335. The third kappa shape index (κ3) is 3.90. The van der Waals surface area contributed by atoms with Gasteiger partial charge in [0.2, 0.25) is 0 Å². The minimum Gasteiger partial charge on any atom is -0.433 e. The maximum absolute atomic E-state index is 6.20. The molecule has 0 spiro atoms. The summed E-state index contributed by atoms with van der Waals surface area (Å²) in [5, 5.41) is 0.314. The fraction of sp³-hybridized carbons (Fsp3) is 1.00. The van der Waals surface area contributed by atoms with Crippen LogP contribution in [0.1, 0.15) is 53.9 Å². The summed E-state index contributed by atoms with van der Waals surface area (Å²) in [4.78, 5) is 0. The monoisotopic (exact) mass is 258 g/mol. The lowest BCUT2D eigenvalue weighted by molar-refractivity contribution is 0.0441. The van der Waals surface area contributed by atoms with Crippen molar-refractivity contribution in [2.24, 2.45) is 0 Å². The molecule has 0 saturated carbocycles. The zero-order valence-electron chi connectivity index (χ0n) is 12.0. The van der Waals surface area contributed by atoms with Crippen LogP contribution in [-0.4, -0.2) is 31.0 Å². The minimum atomic E-state index is -0.212. The molecular weight excluding hydrogens is 231 g/mol. The van der Waals surface area contributed by atoms with Crippen molar-refractivity contribution in [1.82, 2.24) is 0 Å². The van der Waals surface area contributed by atoms with Crippen LogP contribution < -0.4 is 0 Å².